The van der Waals surface area contributed by atoms with E-state index in [2.05, 4.69) is 10.1 Å². The van der Waals surface area contributed by atoms with Crippen molar-refractivity contribution in [3.05, 3.63) is 90.4 Å². The van der Waals surface area contributed by atoms with Crippen molar-refractivity contribution in [2.24, 2.45) is 5.92 Å². The van der Waals surface area contributed by atoms with E-state index in [0.29, 0.717) is 35.7 Å². The van der Waals surface area contributed by atoms with Crippen LogP contribution in [-0.2, 0) is 0 Å². The molecule has 0 aliphatic carbocycles. The molecule has 32 heavy (non-hydrogen) atoms. The molecule has 0 saturated carbocycles. The third-order valence-corrected chi connectivity index (χ3v) is 5.65. The number of nitrogens with zero attached hydrogens (tertiary/aromatic N) is 4. The maximum absolute atomic E-state index is 13.1. The standard InChI is InChI=1S/C25H22N4O3/c30-24(18-9-11-21(12-10-18)32-20-7-2-1-3-8-20)19-6-4-14-28(17-19)25(31)22-16-23-26-13-5-15-29(23)27-22/h1-3,5,7-13,15-16,19H,4,6,14,17H2. The number of carbonyl (C=O) groups is 2. The quantitative estimate of drug-likeness (QED) is 0.446. The lowest BCUT2D eigenvalue weighted by Gasteiger charge is -2.31. The van der Waals surface area contributed by atoms with Crippen LogP contribution in [0.5, 0.6) is 11.5 Å². The van der Waals surface area contributed by atoms with Gasteiger partial charge in [0.15, 0.2) is 17.1 Å². The highest BCUT2D eigenvalue weighted by atomic mass is 16.5. The zero-order chi connectivity index (χ0) is 21.9. The fourth-order valence-electron chi connectivity index (χ4n) is 4.02. The summed E-state index contributed by atoms with van der Waals surface area (Å²) in [6.07, 6.45) is 4.96. The Labute approximate surface area is 185 Å². The van der Waals surface area contributed by atoms with Crippen LogP contribution in [0.4, 0.5) is 0 Å². The lowest BCUT2D eigenvalue weighted by atomic mass is 9.90. The van der Waals surface area contributed by atoms with E-state index in [9.17, 15) is 9.59 Å². The highest BCUT2D eigenvalue weighted by molar-refractivity contribution is 5.99. The predicted molar refractivity (Wildman–Crippen MR) is 119 cm³/mol. The minimum atomic E-state index is -0.233. The summed E-state index contributed by atoms with van der Waals surface area (Å²) >= 11 is 0. The lowest BCUT2D eigenvalue weighted by Crippen LogP contribution is -2.42. The molecule has 4 aromatic rings. The number of amides is 1. The van der Waals surface area contributed by atoms with Crippen molar-refractivity contribution in [1.82, 2.24) is 19.5 Å². The average Bonchev–Trinajstić information content (AvgIpc) is 3.29. The number of fused-ring (bicyclic) bond motifs is 1. The number of piperidine rings is 1. The minimum Gasteiger partial charge on any atom is -0.457 e. The molecule has 3 heterocycles. The highest BCUT2D eigenvalue weighted by Gasteiger charge is 2.30. The van der Waals surface area contributed by atoms with E-state index in [4.69, 9.17) is 4.74 Å². The molecule has 1 fully saturated rings. The first-order valence-corrected chi connectivity index (χ1v) is 10.6. The normalized spacial score (nSPS) is 16.1. The molecular formula is C25H22N4O3. The summed E-state index contributed by atoms with van der Waals surface area (Å²) < 4.78 is 7.39. The number of carbonyl (C=O) groups excluding carboxylic acids is 2. The molecule has 1 amide bonds. The number of ketones is 1. The summed E-state index contributed by atoms with van der Waals surface area (Å²) in [4.78, 5) is 32.0. The molecule has 7 heteroatoms. The number of hydrogen-bond donors (Lipinski definition) is 0. The minimum absolute atomic E-state index is 0.0467. The molecule has 5 rings (SSSR count). The number of Topliss-reactive ketones (excluding diaryl/α,β-unsaturated/α-hetero) is 1. The van der Waals surface area contributed by atoms with Crippen molar-refractivity contribution in [3.63, 3.8) is 0 Å². The summed E-state index contributed by atoms with van der Waals surface area (Å²) in [5.41, 5.74) is 1.60. The Morgan fingerprint density at radius 2 is 1.75 bits per heavy atom. The van der Waals surface area contributed by atoms with Gasteiger partial charge in [-0.3, -0.25) is 9.59 Å². The summed E-state index contributed by atoms with van der Waals surface area (Å²) in [5.74, 6) is 1.07. The van der Waals surface area contributed by atoms with Crippen molar-refractivity contribution >= 4 is 17.3 Å². The van der Waals surface area contributed by atoms with Crippen LogP contribution in [0.3, 0.4) is 0 Å². The summed E-state index contributed by atoms with van der Waals surface area (Å²) in [5, 5.41) is 4.32. The van der Waals surface area contributed by atoms with E-state index < -0.39 is 0 Å². The molecule has 2 aromatic heterocycles. The van der Waals surface area contributed by atoms with Gasteiger partial charge in [-0.05, 0) is 55.3 Å². The molecule has 160 valence electrons. The maximum Gasteiger partial charge on any atom is 0.274 e. The molecular weight excluding hydrogens is 404 g/mol. The second-order valence-electron chi connectivity index (χ2n) is 7.85. The maximum atomic E-state index is 13.1. The van der Waals surface area contributed by atoms with Crippen molar-refractivity contribution in [1.29, 1.82) is 0 Å². The van der Waals surface area contributed by atoms with Crippen LogP contribution in [0.2, 0.25) is 0 Å². The highest BCUT2D eigenvalue weighted by Crippen LogP contribution is 2.25. The second kappa shape index (κ2) is 8.63. The van der Waals surface area contributed by atoms with E-state index in [0.717, 1.165) is 18.6 Å². The van der Waals surface area contributed by atoms with Crippen molar-refractivity contribution < 1.29 is 14.3 Å². The first-order valence-electron chi connectivity index (χ1n) is 10.6. The summed E-state index contributed by atoms with van der Waals surface area (Å²) in [6, 6.07) is 20.1. The number of hydrogen-bond acceptors (Lipinski definition) is 5. The van der Waals surface area contributed by atoms with Gasteiger partial charge in [0.2, 0.25) is 0 Å². The molecule has 1 aliphatic heterocycles. The number of rotatable bonds is 5. The van der Waals surface area contributed by atoms with Gasteiger partial charge in [-0.1, -0.05) is 18.2 Å². The second-order valence-corrected chi connectivity index (χ2v) is 7.85. The topological polar surface area (TPSA) is 76.8 Å². The molecule has 1 atom stereocenters. The largest absolute Gasteiger partial charge is 0.457 e. The van der Waals surface area contributed by atoms with Gasteiger partial charge in [0.05, 0.1) is 0 Å². The molecule has 0 spiro atoms. The Balaban J connectivity index is 1.26. The zero-order valence-electron chi connectivity index (χ0n) is 17.4. The van der Waals surface area contributed by atoms with Crippen molar-refractivity contribution in [3.8, 4) is 11.5 Å². The Morgan fingerprint density at radius 3 is 2.53 bits per heavy atom. The van der Waals surface area contributed by atoms with Gasteiger partial charge >= 0.3 is 0 Å². The molecule has 0 radical (unpaired) electrons. The van der Waals surface area contributed by atoms with Crippen LogP contribution in [-0.4, -0.2) is 44.3 Å². The van der Waals surface area contributed by atoms with Gasteiger partial charge in [0.25, 0.3) is 5.91 Å². The van der Waals surface area contributed by atoms with E-state index >= 15 is 0 Å². The van der Waals surface area contributed by atoms with E-state index in [1.54, 1.807) is 58.2 Å². The lowest BCUT2D eigenvalue weighted by molar-refractivity contribution is 0.0632. The molecule has 1 aliphatic rings. The van der Waals surface area contributed by atoms with Gasteiger partial charge < -0.3 is 9.64 Å². The van der Waals surface area contributed by atoms with Gasteiger partial charge in [-0.25, -0.2) is 9.50 Å². The number of benzene rings is 2. The fourth-order valence-corrected chi connectivity index (χ4v) is 4.02. The van der Waals surface area contributed by atoms with Crippen molar-refractivity contribution in [2.75, 3.05) is 13.1 Å². The van der Waals surface area contributed by atoms with Gasteiger partial charge in [-0.15, -0.1) is 0 Å². The summed E-state index contributed by atoms with van der Waals surface area (Å²) in [6.45, 7) is 1.01. The van der Waals surface area contributed by atoms with Gasteiger partial charge in [0.1, 0.15) is 11.5 Å². The molecule has 7 nitrogen and oxygen atoms in total. The fraction of sp³-hybridized carbons (Fsp3) is 0.200. The van der Waals surface area contributed by atoms with Crippen LogP contribution in [0.15, 0.2) is 79.1 Å². The number of para-hydroxylation sites is 1. The smallest absolute Gasteiger partial charge is 0.274 e. The molecule has 0 N–H and O–H groups in total. The molecule has 2 aromatic carbocycles. The molecule has 1 unspecified atom stereocenters. The first kappa shape index (κ1) is 19.9. The third kappa shape index (κ3) is 4.09. The Morgan fingerprint density at radius 1 is 0.969 bits per heavy atom. The summed E-state index contributed by atoms with van der Waals surface area (Å²) in [7, 11) is 0. The van der Waals surface area contributed by atoms with E-state index in [1.807, 2.05) is 30.3 Å². The van der Waals surface area contributed by atoms with E-state index in [-0.39, 0.29) is 17.6 Å². The Kier molecular flexibility index (Phi) is 5.37. The third-order valence-electron chi connectivity index (χ3n) is 5.65. The Bertz CT molecular complexity index is 1220. The van der Waals surface area contributed by atoms with Crippen LogP contribution in [0, 0.1) is 5.92 Å². The Hall–Kier alpha value is -4.00. The van der Waals surface area contributed by atoms with E-state index in [1.165, 1.54) is 0 Å². The van der Waals surface area contributed by atoms with Crippen LogP contribution >= 0.6 is 0 Å². The number of likely N-dealkylation sites (tertiary alicyclic amines) is 1. The first-order chi connectivity index (χ1) is 15.7. The van der Waals surface area contributed by atoms with Crippen molar-refractivity contribution in [2.45, 2.75) is 12.8 Å². The van der Waals surface area contributed by atoms with Gasteiger partial charge in [0, 0.05) is 43.0 Å². The van der Waals surface area contributed by atoms with Crippen LogP contribution in [0.1, 0.15) is 33.7 Å². The molecule has 0 bridgehead atoms. The molecule has 1 saturated heterocycles. The van der Waals surface area contributed by atoms with Crippen LogP contribution in [0.25, 0.3) is 5.65 Å². The SMILES string of the molecule is O=C(c1ccc(Oc2ccccc2)cc1)C1CCCN(C(=O)c2cc3ncccn3n2)C1. The number of aromatic nitrogens is 3. The zero-order valence-corrected chi connectivity index (χ0v) is 17.4. The predicted octanol–water partition coefficient (Wildman–Crippen LogP) is 4.26. The number of ether oxygens (including phenoxy) is 1. The average molecular weight is 426 g/mol. The van der Waals surface area contributed by atoms with Crippen LogP contribution < -0.4 is 4.74 Å². The monoisotopic (exact) mass is 426 g/mol. The van der Waals surface area contributed by atoms with Gasteiger partial charge in [-0.2, -0.15) is 5.10 Å².